The van der Waals surface area contributed by atoms with E-state index in [2.05, 4.69) is 19.9 Å². The number of aromatic amines is 1. The highest BCUT2D eigenvalue weighted by atomic mass is 16.5. The SMILES string of the molecule is O=C1COC2CN(Cc3ncc[nH]3)CC2N1Cc1ccncc1. The maximum absolute atomic E-state index is 12.3. The normalized spacial score (nSPS) is 24.9. The van der Waals surface area contributed by atoms with Gasteiger partial charge in [-0.2, -0.15) is 0 Å². The van der Waals surface area contributed by atoms with Gasteiger partial charge in [0.2, 0.25) is 5.91 Å². The summed E-state index contributed by atoms with van der Waals surface area (Å²) < 4.78 is 5.76. The number of aromatic nitrogens is 3. The van der Waals surface area contributed by atoms with Gasteiger partial charge in [-0.3, -0.25) is 14.7 Å². The van der Waals surface area contributed by atoms with Crippen LogP contribution in [0, 0.1) is 0 Å². The van der Waals surface area contributed by atoms with Crippen LogP contribution in [0.2, 0.25) is 0 Å². The minimum absolute atomic E-state index is 0.0583. The topological polar surface area (TPSA) is 74.3 Å². The van der Waals surface area contributed by atoms with Crippen LogP contribution in [0.1, 0.15) is 11.4 Å². The molecule has 2 aliphatic heterocycles. The molecular weight excluding hydrogens is 294 g/mol. The summed E-state index contributed by atoms with van der Waals surface area (Å²) in [6, 6.07) is 4.00. The number of nitrogens with one attached hydrogen (secondary N) is 1. The van der Waals surface area contributed by atoms with E-state index in [-0.39, 0.29) is 24.7 Å². The summed E-state index contributed by atoms with van der Waals surface area (Å²) in [5.41, 5.74) is 1.10. The summed E-state index contributed by atoms with van der Waals surface area (Å²) in [7, 11) is 0. The van der Waals surface area contributed by atoms with Crippen LogP contribution in [0.5, 0.6) is 0 Å². The molecule has 2 unspecified atom stereocenters. The number of amides is 1. The van der Waals surface area contributed by atoms with E-state index in [1.165, 1.54) is 0 Å². The number of morpholine rings is 1. The molecule has 2 aromatic heterocycles. The van der Waals surface area contributed by atoms with Crippen LogP contribution in [0.15, 0.2) is 36.9 Å². The third-order valence-corrected chi connectivity index (χ3v) is 4.48. The lowest BCUT2D eigenvalue weighted by Gasteiger charge is -2.36. The molecule has 4 heterocycles. The number of fused-ring (bicyclic) bond motifs is 1. The molecule has 0 spiro atoms. The Bertz CT molecular complexity index is 660. The highest BCUT2D eigenvalue weighted by Gasteiger charge is 2.43. The number of imidazole rings is 1. The first-order chi connectivity index (χ1) is 11.3. The lowest BCUT2D eigenvalue weighted by atomic mass is 10.1. The van der Waals surface area contributed by atoms with E-state index >= 15 is 0 Å². The maximum atomic E-state index is 12.3. The molecule has 2 aromatic rings. The first-order valence-corrected chi connectivity index (χ1v) is 7.80. The summed E-state index contributed by atoms with van der Waals surface area (Å²) in [6.45, 7) is 3.16. The van der Waals surface area contributed by atoms with Crippen molar-refractivity contribution in [3.05, 3.63) is 48.3 Å². The molecule has 0 aliphatic carbocycles. The van der Waals surface area contributed by atoms with Crippen LogP contribution >= 0.6 is 0 Å². The first-order valence-electron chi connectivity index (χ1n) is 7.80. The van der Waals surface area contributed by atoms with Crippen molar-refractivity contribution in [3.63, 3.8) is 0 Å². The zero-order valence-corrected chi connectivity index (χ0v) is 12.8. The van der Waals surface area contributed by atoms with Crippen molar-refractivity contribution in [1.82, 2.24) is 24.8 Å². The molecular formula is C16H19N5O2. The van der Waals surface area contributed by atoms with Crippen LogP contribution < -0.4 is 0 Å². The second-order valence-corrected chi connectivity index (χ2v) is 6.02. The number of ether oxygens (including phenoxy) is 1. The molecule has 2 atom stereocenters. The van der Waals surface area contributed by atoms with Crippen LogP contribution in [-0.2, 0) is 22.6 Å². The Balaban J connectivity index is 1.47. The van der Waals surface area contributed by atoms with Crippen molar-refractivity contribution in [2.24, 2.45) is 0 Å². The number of H-pyrrole nitrogens is 1. The summed E-state index contributed by atoms with van der Waals surface area (Å²) in [5, 5.41) is 0. The van der Waals surface area contributed by atoms with E-state index in [9.17, 15) is 4.79 Å². The number of hydrogen-bond acceptors (Lipinski definition) is 5. The van der Waals surface area contributed by atoms with Crippen LogP contribution in [0.25, 0.3) is 0 Å². The fourth-order valence-electron chi connectivity index (χ4n) is 3.36. The quantitative estimate of drug-likeness (QED) is 0.885. The summed E-state index contributed by atoms with van der Waals surface area (Å²) in [4.78, 5) is 28.0. The van der Waals surface area contributed by atoms with Gasteiger partial charge in [-0.25, -0.2) is 4.98 Å². The number of likely N-dealkylation sites (tertiary alicyclic amines) is 1. The zero-order valence-electron chi connectivity index (χ0n) is 12.8. The van der Waals surface area contributed by atoms with Crippen molar-refractivity contribution < 1.29 is 9.53 Å². The molecule has 0 aromatic carbocycles. The summed E-state index contributed by atoms with van der Waals surface area (Å²) in [6.07, 6.45) is 7.18. The first kappa shape index (κ1) is 14.3. The van der Waals surface area contributed by atoms with Crippen LogP contribution in [0.4, 0.5) is 0 Å². The Kier molecular flexibility index (Phi) is 3.80. The Morgan fingerprint density at radius 2 is 2.09 bits per heavy atom. The standard InChI is InChI=1S/C16H19N5O2/c22-16-11-23-14-9-20(10-15-18-5-6-19-15)8-13(14)21(16)7-12-1-3-17-4-2-12/h1-6,13-14H,7-11H2,(H,18,19). The van der Waals surface area contributed by atoms with Crippen LogP contribution in [0.3, 0.4) is 0 Å². The number of nitrogens with zero attached hydrogens (tertiary/aromatic N) is 4. The summed E-state index contributed by atoms with van der Waals surface area (Å²) >= 11 is 0. The lowest BCUT2D eigenvalue weighted by Crippen LogP contribution is -2.53. The van der Waals surface area contributed by atoms with E-state index in [0.717, 1.165) is 31.0 Å². The van der Waals surface area contributed by atoms with Gasteiger partial charge in [0.1, 0.15) is 12.4 Å². The fourth-order valence-corrected chi connectivity index (χ4v) is 3.36. The van der Waals surface area contributed by atoms with Crippen LogP contribution in [-0.4, -0.2) is 62.5 Å². The van der Waals surface area contributed by atoms with E-state index in [1.807, 2.05) is 23.2 Å². The molecule has 7 heteroatoms. The minimum Gasteiger partial charge on any atom is -0.365 e. The third-order valence-electron chi connectivity index (χ3n) is 4.48. The smallest absolute Gasteiger partial charge is 0.249 e. The molecule has 1 N–H and O–H groups in total. The monoisotopic (exact) mass is 313 g/mol. The highest BCUT2D eigenvalue weighted by Crippen LogP contribution is 2.25. The molecule has 2 fully saturated rings. The molecule has 2 saturated heterocycles. The van der Waals surface area contributed by atoms with Crippen molar-refractivity contribution in [2.45, 2.75) is 25.2 Å². The predicted octanol–water partition coefficient (Wildman–Crippen LogP) is 0.417. The van der Waals surface area contributed by atoms with Gasteiger partial charge in [-0.1, -0.05) is 0 Å². The van der Waals surface area contributed by atoms with Gasteiger partial charge in [0.05, 0.1) is 18.7 Å². The second-order valence-electron chi connectivity index (χ2n) is 6.02. The van der Waals surface area contributed by atoms with Crippen molar-refractivity contribution in [1.29, 1.82) is 0 Å². The van der Waals surface area contributed by atoms with Gasteiger partial charge in [0, 0.05) is 44.4 Å². The average Bonchev–Trinajstić information content (AvgIpc) is 3.21. The van der Waals surface area contributed by atoms with E-state index < -0.39 is 0 Å². The molecule has 2 aliphatic rings. The van der Waals surface area contributed by atoms with Crippen molar-refractivity contribution in [2.75, 3.05) is 19.7 Å². The number of carbonyl (C=O) groups excluding carboxylic acids is 1. The van der Waals surface area contributed by atoms with E-state index in [4.69, 9.17) is 4.74 Å². The van der Waals surface area contributed by atoms with Gasteiger partial charge >= 0.3 is 0 Å². The molecule has 4 rings (SSSR count). The van der Waals surface area contributed by atoms with Gasteiger partial charge in [0.15, 0.2) is 0 Å². The minimum atomic E-state index is 0.0583. The Hall–Kier alpha value is -2.25. The molecule has 7 nitrogen and oxygen atoms in total. The highest BCUT2D eigenvalue weighted by molar-refractivity contribution is 5.78. The predicted molar refractivity (Wildman–Crippen MR) is 82.2 cm³/mol. The van der Waals surface area contributed by atoms with Gasteiger partial charge in [-0.15, -0.1) is 0 Å². The third kappa shape index (κ3) is 2.97. The lowest BCUT2D eigenvalue weighted by molar-refractivity contribution is -0.153. The Morgan fingerprint density at radius 1 is 1.22 bits per heavy atom. The van der Waals surface area contributed by atoms with E-state index in [0.29, 0.717) is 6.54 Å². The second kappa shape index (κ2) is 6.10. The fraction of sp³-hybridized carbons (Fsp3) is 0.438. The number of pyridine rings is 1. The number of hydrogen-bond donors (Lipinski definition) is 1. The number of carbonyl (C=O) groups is 1. The average molecular weight is 313 g/mol. The van der Waals surface area contributed by atoms with Gasteiger partial charge in [-0.05, 0) is 17.7 Å². The van der Waals surface area contributed by atoms with Gasteiger partial charge < -0.3 is 14.6 Å². The Labute approximate surface area is 134 Å². The molecule has 0 bridgehead atoms. The van der Waals surface area contributed by atoms with Gasteiger partial charge in [0.25, 0.3) is 0 Å². The zero-order chi connectivity index (χ0) is 15.6. The van der Waals surface area contributed by atoms with E-state index in [1.54, 1.807) is 18.6 Å². The molecule has 23 heavy (non-hydrogen) atoms. The van der Waals surface area contributed by atoms with Crippen molar-refractivity contribution >= 4 is 5.91 Å². The number of rotatable bonds is 4. The molecule has 1 amide bonds. The summed E-state index contributed by atoms with van der Waals surface area (Å²) in [5.74, 6) is 0.999. The van der Waals surface area contributed by atoms with Crippen molar-refractivity contribution in [3.8, 4) is 0 Å². The molecule has 120 valence electrons. The maximum Gasteiger partial charge on any atom is 0.249 e. The largest absolute Gasteiger partial charge is 0.365 e. The molecule has 0 saturated carbocycles. The Morgan fingerprint density at radius 3 is 2.87 bits per heavy atom. The molecule has 0 radical (unpaired) electrons.